The Morgan fingerprint density at radius 3 is 2.63 bits per heavy atom. The van der Waals surface area contributed by atoms with Crippen molar-refractivity contribution in [1.29, 1.82) is 5.26 Å². The van der Waals surface area contributed by atoms with Crippen LogP contribution in [0.5, 0.6) is 0 Å². The van der Waals surface area contributed by atoms with Crippen LogP contribution in [0.4, 0.5) is 0 Å². The minimum atomic E-state index is -3.50. The summed E-state index contributed by atoms with van der Waals surface area (Å²) in [5.41, 5.74) is 0. The third-order valence-electron chi connectivity index (χ3n) is 2.25. The average Bonchev–Trinajstić information content (AvgIpc) is 2.98. The molecule has 0 unspecified atom stereocenters. The fourth-order valence-corrected chi connectivity index (χ4v) is 5.05. The molecule has 4 nitrogen and oxygen atoms in total. The quantitative estimate of drug-likeness (QED) is 0.871. The first-order valence-electron chi connectivity index (χ1n) is 5.25. The standard InChI is InChI=1S/C11H9BrN2O2S3/c12-10-3-1-8(17-10)5-6-14-19(15,16)11-4-2-9(7-13)18-11/h1-4,14H,5-6H2. The number of rotatable bonds is 5. The maximum absolute atomic E-state index is 11.9. The minimum Gasteiger partial charge on any atom is -0.210 e. The van der Waals surface area contributed by atoms with Gasteiger partial charge in [-0.1, -0.05) is 0 Å². The highest BCUT2D eigenvalue weighted by molar-refractivity contribution is 9.11. The van der Waals surface area contributed by atoms with Gasteiger partial charge in [0.2, 0.25) is 10.0 Å². The molecule has 2 heterocycles. The van der Waals surface area contributed by atoms with Crippen LogP contribution in [-0.4, -0.2) is 15.0 Å². The van der Waals surface area contributed by atoms with E-state index in [1.54, 1.807) is 11.3 Å². The summed E-state index contributed by atoms with van der Waals surface area (Å²) >= 11 is 5.92. The number of sulfonamides is 1. The summed E-state index contributed by atoms with van der Waals surface area (Å²) in [6.07, 6.45) is 0.645. The molecule has 0 saturated heterocycles. The lowest BCUT2D eigenvalue weighted by atomic mass is 10.3. The fraction of sp³-hybridized carbons (Fsp3) is 0.182. The number of nitrogens with zero attached hydrogens (tertiary/aromatic N) is 1. The summed E-state index contributed by atoms with van der Waals surface area (Å²) < 4.78 is 27.6. The third kappa shape index (κ3) is 3.87. The molecule has 8 heteroatoms. The molecule has 0 aliphatic rings. The summed E-state index contributed by atoms with van der Waals surface area (Å²) in [7, 11) is -3.50. The zero-order valence-electron chi connectivity index (χ0n) is 9.59. The highest BCUT2D eigenvalue weighted by Crippen LogP contribution is 2.23. The Morgan fingerprint density at radius 1 is 1.26 bits per heavy atom. The molecule has 1 N–H and O–H groups in total. The van der Waals surface area contributed by atoms with E-state index in [1.807, 2.05) is 18.2 Å². The van der Waals surface area contributed by atoms with E-state index in [0.717, 1.165) is 20.0 Å². The largest absolute Gasteiger partial charge is 0.250 e. The average molecular weight is 377 g/mol. The monoisotopic (exact) mass is 376 g/mol. The summed E-state index contributed by atoms with van der Waals surface area (Å²) in [5.74, 6) is 0. The van der Waals surface area contributed by atoms with Crippen LogP contribution in [0.3, 0.4) is 0 Å². The van der Waals surface area contributed by atoms with Crippen molar-refractivity contribution in [1.82, 2.24) is 4.72 Å². The van der Waals surface area contributed by atoms with Crippen LogP contribution in [0, 0.1) is 11.3 Å². The second-order valence-electron chi connectivity index (χ2n) is 3.58. The van der Waals surface area contributed by atoms with Gasteiger partial charge in [0.05, 0.1) is 3.79 Å². The van der Waals surface area contributed by atoms with Crippen LogP contribution >= 0.6 is 38.6 Å². The number of nitriles is 1. The van der Waals surface area contributed by atoms with Gasteiger partial charge in [-0.25, -0.2) is 13.1 Å². The van der Waals surface area contributed by atoms with E-state index in [9.17, 15) is 8.42 Å². The Bertz CT molecular complexity index is 712. The second kappa shape index (κ2) is 6.15. The van der Waals surface area contributed by atoms with Gasteiger partial charge in [0.1, 0.15) is 15.2 Å². The number of hydrogen-bond acceptors (Lipinski definition) is 5. The van der Waals surface area contributed by atoms with Gasteiger partial charge in [-0.15, -0.1) is 22.7 Å². The van der Waals surface area contributed by atoms with E-state index in [0.29, 0.717) is 17.8 Å². The molecular weight excluding hydrogens is 368 g/mol. The van der Waals surface area contributed by atoms with E-state index >= 15 is 0 Å². The number of thiophene rings is 2. The number of nitrogens with one attached hydrogen (secondary N) is 1. The number of hydrogen-bond donors (Lipinski definition) is 1. The normalized spacial score (nSPS) is 11.4. The van der Waals surface area contributed by atoms with Crippen molar-refractivity contribution < 1.29 is 8.42 Å². The van der Waals surface area contributed by atoms with Crippen molar-refractivity contribution in [3.05, 3.63) is 37.8 Å². The molecule has 2 aromatic rings. The van der Waals surface area contributed by atoms with Crippen LogP contribution in [-0.2, 0) is 16.4 Å². The van der Waals surface area contributed by atoms with Crippen molar-refractivity contribution in [3.8, 4) is 6.07 Å². The fourth-order valence-electron chi connectivity index (χ4n) is 1.39. The van der Waals surface area contributed by atoms with Crippen LogP contribution in [0.15, 0.2) is 32.3 Å². The van der Waals surface area contributed by atoms with Crippen LogP contribution in [0.25, 0.3) is 0 Å². The summed E-state index contributed by atoms with van der Waals surface area (Å²) in [5, 5.41) is 8.69. The topological polar surface area (TPSA) is 70.0 Å². The molecule has 2 rings (SSSR count). The van der Waals surface area contributed by atoms with Crippen molar-refractivity contribution in [3.63, 3.8) is 0 Å². The van der Waals surface area contributed by atoms with Gasteiger partial charge in [0.15, 0.2) is 0 Å². The van der Waals surface area contributed by atoms with Crippen molar-refractivity contribution in [2.75, 3.05) is 6.54 Å². The van der Waals surface area contributed by atoms with E-state index in [2.05, 4.69) is 20.7 Å². The molecule has 0 amide bonds. The maximum atomic E-state index is 11.9. The van der Waals surface area contributed by atoms with Crippen molar-refractivity contribution in [2.24, 2.45) is 0 Å². The van der Waals surface area contributed by atoms with Gasteiger partial charge < -0.3 is 0 Å². The molecule has 19 heavy (non-hydrogen) atoms. The molecule has 0 atom stereocenters. The zero-order chi connectivity index (χ0) is 13.9. The van der Waals surface area contributed by atoms with Gasteiger partial charge in [-0.2, -0.15) is 5.26 Å². The van der Waals surface area contributed by atoms with Crippen molar-refractivity contribution >= 4 is 48.6 Å². The first kappa shape index (κ1) is 14.7. The van der Waals surface area contributed by atoms with Gasteiger partial charge in [0, 0.05) is 11.4 Å². The maximum Gasteiger partial charge on any atom is 0.250 e. The second-order valence-corrected chi connectivity index (χ2v) is 9.21. The van der Waals surface area contributed by atoms with Crippen LogP contribution < -0.4 is 4.72 Å². The van der Waals surface area contributed by atoms with Crippen molar-refractivity contribution in [2.45, 2.75) is 10.6 Å². The molecule has 100 valence electrons. The lowest BCUT2D eigenvalue weighted by Gasteiger charge is -2.03. The highest BCUT2D eigenvalue weighted by Gasteiger charge is 2.16. The molecule has 0 radical (unpaired) electrons. The van der Waals surface area contributed by atoms with E-state index in [1.165, 1.54) is 12.1 Å². The smallest absolute Gasteiger partial charge is 0.210 e. The Balaban J connectivity index is 1.96. The van der Waals surface area contributed by atoms with Gasteiger partial charge >= 0.3 is 0 Å². The number of halogens is 1. The predicted octanol–water partition coefficient (Wildman–Crippen LogP) is 2.96. The highest BCUT2D eigenvalue weighted by atomic mass is 79.9. The molecular formula is C11H9BrN2O2S3. The minimum absolute atomic E-state index is 0.177. The zero-order valence-corrected chi connectivity index (χ0v) is 13.6. The van der Waals surface area contributed by atoms with Gasteiger partial charge in [-0.3, -0.25) is 0 Å². The molecule has 0 spiro atoms. The van der Waals surface area contributed by atoms with E-state index in [-0.39, 0.29) is 4.21 Å². The van der Waals surface area contributed by atoms with Crippen LogP contribution in [0.1, 0.15) is 9.75 Å². The molecule has 0 aliphatic carbocycles. The van der Waals surface area contributed by atoms with E-state index < -0.39 is 10.0 Å². The summed E-state index contributed by atoms with van der Waals surface area (Å²) in [6.45, 7) is 0.342. The third-order valence-corrected chi connectivity index (χ3v) is 6.87. The molecule has 0 aromatic carbocycles. The first-order valence-corrected chi connectivity index (χ1v) is 9.16. The molecule has 0 fully saturated rings. The Hall–Kier alpha value is -0.720. The SMILES string of the molecule is N#Cc1ccc(S(=O)(=O)NCCc2ccc(Br)s2)s1. The summed E-state index contributed by atoms with van der Waals surface area (Å²) in [6, 6.07) is 8.79. The molecule has 2 aromatic heterocycles. The molecule has 0 aliphatic heterocycles. The van der Waals surface area contributed by atoms with Gasteiger partial charge in [0.25, 0.3) is 0 Å². The Kier molecular flexibility index (Phi) is 4.76. The van der Waals surface area contributed by atoms with E-state index in [4.69, 9.17) is 5.26 Å². The van der Waals surface area contributed by atoms with Crippen LogP contribution in [0.2, 0.25) is 0 Å². The summed E-state index contributed by atoms with van der Waals surface area (Å²) in [4.78, 5) is 1.50. The predicted molar refractivity (Wildman–Crippen MR) is 79.9 cm³/mol. The van der Waals surface area contributed by atoms with Gasteiger partial charge in [-0.05, 0) is 46.6 Å². The molecule has 0 saturated carbocycles. The lowest BCUT2D eigenvalue weighted by Crippen LogP contribution is -2.25. The Labute approximate surface area is 127 Å². The first-order chi connectivity index (χ1) is 9.01. The lowest BCUT2D eigenvalue weighted by molar-refractivity contribution is 0.584. The Morgan fingerprint density at radius 2 is 2.05 bits per heavy atom. The molecule has 0 bridgehead atoms.